The summed E-state index contributed by atoms with van der Waals surface area (Å²) in [6.45, 7) is 7.58. The van der Waals surface area contributed by atoms with Crippen molar-refractivity contribution >= 4 is 11.8 Å². The quantitative estimate of drug-likeness (QED) is 0.829. The van der Waals surface area contributed by atoms with E-state index in [1.165, 1.54) is 0 Å². The van der Waals surface area contributed by atoms with Crippen LogP contribution in [0.3, 0.4) is 0 Å². The van der Waals surface area contributed by atoms with Crippen LogP contribution in [0.5, 0.6) is 5.75 Å². The molecule has 0 unspecified atom stereocenters. The van der Waals surface area contributed by atoms with Crippen LogP contribution in [0, 0.1) is 6.92 Å². The lowest BCUT2D eigenvalue weighted by atomic mass is 10.1. The number of hydrogen-bond donors (Lipinski definition) is 2. The Kier molecular flexibility index (Phi) is 3.93. The number of anilines is 1. The largest absolute Gasteiger partial charge is 0.493 e. The van der Waals surface area contributed by atoms with Crippen LogP contribution < -0.4 is 15.4 Å². The Morgan fingerprint density at radius 2 is 2.00 bits per heavy atom. The maximum absolute atomic E-state index is 11.7. The van der Waals surface area contributed by atoms with Gasteiger partial charge in [-0.1, -0.05) is 0 Å². The lowest BCUT2D eigenvalue weighted by molar-refractivity contribution is 0.243. The van der Waals surface area contributed by atoms with Crippen LogP contribution in [-0.2, 0) is 0 Å². The highest BCUT2D eigenvalue weighted by Crippen LogP contribution is 2.21. The fourth-order valence-corrected chi connectivity index (χ4v) is 1.28. The topological polar surface area (TPSA) is 63.2 Å². The van der Waals surface area contributed by atoms with Gasteiger partial charge in [-0.2, -0.15) is 0 Å². The van der Waals surface area contributed by atoms with E-state index >= 15 is 0 Å². The van der Waals surface area contributed by atoms with Crippen molar-refractivity contribution in [3.63, 3.8) is 0 Å². The molecular formula is C12H19N3O2. The number of nitrogens with zero attached hydrogens (tertiary/aromatic N) is 1. The molecule has 1 aromatic rings. The monoisotopic (exact) mass is 237 g/mol. The summed E-state index contributed by atoms with van der Waals surface area (Å²) in [4.78, 5) is 15.9. The van der Waals surface area contributed by atoms with E-state index in [-0.39, 0.29) is 11.6 Å². The average Bonchev–Trinajstić information content (AvgIpc) is 2.14. The zero-order valence-electron chi connectivity index (χ0n) is 10.9. The Labute approximate surface area is 102 Å². The van der Waals surface area contributed by atoms with Crippen molar-refractivity contribution in [1.82, 2.24) is 10.3 Å². The van der Waals surface area contributed by atoms with Gasteiger partial charge in [0.15, 0.2) is 11.6 Å². The number of carbonyl (C=O) groups excluding carboxylic acids is 1. The molecule has 0 aromatic carbocycles. The van der Waals surface area contributed by atoms with Crippen molar-refractivity contribution in [2.45, 2.75) is 33.2 Å². The van der Waals surface area contributed by atoms with Crippen molar-refractivity contribution in [3.05, 3.63) is 17.8 Å². The number of urea groups is 1. The van der Waals surface area contributed by atoms with Crippen molar-refractivity contribution in [3.8, 4) is 5.75 Å². The zero-order chi connectivity index (χ0) is 13.1. The third-order valence-corrected chi connectivity index (χ3v) is 1.94. The molecule has 1 rings (SSSR count). The number of hydrogen-bond acceptors (Lipinski definition) is 3. The zero-order valence-corrected chi connectivity index (χ0v) is 10.9. The molecule has 94 valence electrons. The molecule has 2 amide bonds. The van der Waals surface area contributed by atoms with E-state index in [0.717, 1.165) is 5.69 Å². The number of carbonyl (C=O) groups is 1. The maximum atomic E-state index is 11.7. The first-order valence-electron chi connectivity index (χ1n) is 5.42. The number of rotatable bonds is 2. The molecule has 5 nitrogen and oxygen atoms in total. The molecule has 2 N–H and O–H groups in total. The van der Waals surface area contributed by atoms with Gasteiger partial charge in [0.2, 0.25) is 0 Å². The van der Waals surface area contributed by atoms with E-state index < -0.39 is 0 Å². The lowest BCUT2D eigenvalue weighted by Crippen LogP contribution is -2.43. The first kappa shape index (κ1) is 13.3. The van der Waals surface area contributed by atoms with Crippen LogP contribution >= 0.6 is 0 Å². The molecule has 5 heteroatoms. The summed E-state index contributed by atoms with van der Waals surface area (Å²) < 4.78 is 5.13. The van der Waals surface area contributed by atoms with E-state index in [9.17, 15) is 4.79 Å². The molecule has 0 spiro atoms. The van der Waals surface area contributed by atoms with Crippen LogP contribution in [0.1, 0.15) is 26.5 Å². The number of methoxy groups -OCH3 is 1. The number of nitrogens with one attached hydrogen (secondary N) is 2. The highest BCUT2D eigenvalue weighted by Gasteiger charge is 2.15. The molecule has 1 aromatic heterocycles. The van der Waals surface area contributed by atoms with E-state index in [1.807, 2.05) is 33.8 Å². The van der Waals surface area contributed by atoms with Gasteiger partial charge < -0.3 is 10.1 Å². The molecule has 0 saturated heterocycles. The average molecular weight is 237 g/mol. The van der Waals surface area contributed by atoms with Crippen LogP contribution in [0.15, 0.2) is 12.1 Å². The van der Waals surface area contributed by atoms with Gasteiger partial charge in [0.25, 0.3) is 0 Å². The minimum Gasteiger partial charge on any atom is -0.493 e. The van der Waals surface area contributed by atoms with Crippen molar-refractivity contribution in [2.24, 2.45) is 0 Å². The van der Waals surface area contributed by atoms with Crippen LogP contribution in [0.25, 0.3) is 0 Å². The van der Waals surface area contributed by atoms with Gasteiger partial charge in [0.05, 0.1) is 7.11 Å². The first-order chi connectivity index (χ1) is 7.81. The van der Waals surface area contributed by atoms with Gasteiger partial charge in [-0.25, -0.2) is 9.78 Å². The second-order valence-corrected chi connectivity index (χ2v) is 4.83. The summed E-state index contributed by atoms with van der Waals surface area (Å²) in [7, 11) is 1.54. The van der Waals surface area contributed by atoms with Crippen molar-refractivity contribution in [1.29, 1.82) is 0 Å². The fraction of sp³-hybridized carbons (Fsp3) is 0.500. The second kappa shape index (κ2) is 5.03. The maximum Gasteiger partial charge on any atom is 0.320 e. The Bertz CT molecular complexity index is 411. The number of ether oxygens (including phenoxy) is 1. The molecular weight excluding hydrogens is 218 g/mol. The molecule has 17 heavy (non-hydrogen) atoms. The van der Waals surface area contributed by atoms with Gasteiger partial charge in [-0.05, 0) is 39.8 Å². The summed E-state index contributed by atoms with van der Waals surface area (Å²) in [6, 6.07) is 3.30. The van der Waals surface area contributed by atoms with E-state index in [2.05, 4.69) is 15.6 Å². The second-order valence-electron chi connectivity index (χ2n) is 4.83. The lowest BCUT2D eigenvalue weighted by Gasteiger charge is -2.21. The SMILES string of the molecule is COc1ccc(C)nc1NC(=O)NC(C)(C)C. The third kappa shape index (κ3) is 4.30. The molecule has 0 fully saturated rings. The number of amides is 2. The smallest absolute Gasteiger partial charge is 0.320 e. The molecule has 1 heterocycles. The van der Waals surface area contributed by atoms with E-state index in [0.29, 0.717) is 11.6 Å². The van der Waals surface area contributed by atoms with Crippen LogP contribution in [0.2, 0.25) is 0 Å². The summed E-state index contributed by atoms with van der Waals surface area (Å²) in [6.07, 6.45) is 0. The van der Waals surface area contributed by atoms with Crippen molar-refractivity contribution in [2.75, 3.05) is 12.4 Å². The standard InChI is InChI=1S/C12H19N3O2/c1-8-6-7-9(17-5)10(13-8)14-11(16)15-12(2,3)4/h6-7H,1-5H3,(H2,13,14,15,16). The third-order valence-electron chi connectivity index (χ3n) is 1.94. The molecule has 0 bridgehead atoms. The van der Waals surface area contributed by atoms with Gasteiger partial charge in [-0.3, -0.25) is 5.32 Å². The molecule has 0 radical (unpaired) electrons. The van der Waals surface area contributed by atoms with Gasteiger partial charge in [-0.15, -0.1) is 0 Å². The predicted octanol–water partition coefficient (Wildman–Crippen LogP) is 2.32. The van der Waals surface area contributed by atoms with Crippen LogP contribution in [0.4, 0.5) is 10.6 Å². The molecule has 0 atom stereocenters. The van der Waals surface area contributed by atoms with Crippen molar-refractivity contribution < 1.29 is 9.53 Å². The minimum absolute atomic E-state index is 0.291. The predicted molar refractivity (Wildman–Crippen MR) is 67.4 cm³/mol. The molecule has 0 aliphatic heterocycles. The number of aromatic nitrogens is 1. The minimum atomic E-state index is -0.297. The van der Waals surface area contributed by atoms with Gasteiger partial charge in [0, 0.05) is 11.2 Å². The van der Waals surface area contributed by atoms with Gasteiger partial charge in [0.1, 0.15) is 0 Å². The number of pyridine rings is 1. The Morgan fingerprint density at radius 3 is 2.53 bits per heavy atom. The van der Waals surface area contributed by atoms with E-state index in [1.54, 1.807) is 13.2 Å². The first-order valence-corrected chi connectivity index (χ1v) is 5.42. The normalized spacial score (nSPS) is 10.9. The highest BCUT2D eigenvalue weighted by molar-refractivity contribution is 5.90. The summed E-state index contributed by atoms with van der Waals surface area (Å²) >= 11 is 0. The molecule has 0 aliphatic rings. The van der Waals surface area contributed by atoms with E-state index in [4.69, 9.17) is 4.74 Å². The highest BCUT2D eigenvalue weighted by atomic mass is 16.5. The fourth-order valence-electron chi connectivity index (χ4n) is 1.28. The summed E-state index contributed by atoms with van der Waals surface area (Å²) in [5.74, 6) is 0.967. The Morgan fingerprint density at radius 1 is 1.35 bits per heavy atom. The Balaban J connectivity index is 2.80. The van der Waals surface area contributed by atoms with Gasteiger partial charge >= 0.3 is 6.03 Å². The summed E-state index contributed by atoms with van der Waals surface area (Å²) in [5, 5.41) is 5.47. The molecule has 0 saturated carbocycles. The Hall–Kier alpha value is -1.78. The number of aryl methyl sites for hydroxylation is 1. The van der Waals surface area contributed by atoms with Crippen LogP contribution in [-0.4, -0.2) is 23.7 Å². The summed E-state index contributed by atoms with van der Waals surface area (Å²) in [5.41, 5.74) is 0.526. The molecule has 0 aliphatic carbocycles.